The van der Waals surface area contributed by atoms with E-state index in [9.17, 15) is 0 Å². The molecule has 0 amide bonds. The Kier molecular flexibility index (Phi) is 5.89. The highest BCUT2D eigenvalue weighted by molar-refractivity contribution is 9.10. The summed E-state index contributed by atoms with van der Waals surface area (Å²) < 4.78 is 9.33. The van der Waals surface area contributed by atoms with E-state index in [4.69, 9.17) is 19.4 Å². The molecule has 3 aromatic heterocycles. The predicted molar refractivity (Wildman–Crippen MR) is 185 cm³/mol. The molecule has 9 aromatic rings. The first kappa shape index (κ1) is 25.9. The first-order chi connectivity index (χ1) is 22.2. The molecule has 0 spiro atoms. The van der Waals surface area contributed by atoms with Crippen molar-refractivity contribution in [3.63, 3.8) is 0 Å². The van der Waals surface area contributed by atoms with Crippen LogP contribution in [0.4, 0.5) is 0 Å². The number of aromatic nitrogens is 4. The zero-order chi connectivity index (χ0) is 29.9. The molecule has 0 bridgehead atoms. The van der Waals surface area contributed by atoms with E-state index in [2.05, 4.69) is 87.2 Å². The van der Waals surface area contributed by atoms with Gasteiger partial charge in [-0.15, -0.1) is 0 Å². The number of furan rings is 1. The zero-order valence-corrected chi connectivity index (χ0v) is 25.4. The van der Waals surface area contributed by atoms with Crippen molar-refractivity contribution in [2.75, 3.05) is 0 Å². The summed E-state index contributed by atoms with van der Waals surface area (Å²) >= 11 is 3.73. The molecule has 0 aliphatic heterocycles. The summed E-state index contributed by atoms with van der Waals surface area (Å²) in [4.78, 5) is 15.1. The fourth-order valence-corrected chi connectivity index (χ4v) is 6.79. The van der Waals surface area contributed by atoms with Crippen molar-refractivity contribution in [2.45, 2.75) is 0 Å². The van der Waals surface area contributed by atoms with E-state index in [0.717, 1.165) is 70.5 Å². The van der Waals surface area contributed by atoms with Crippen LogP contribution in [0.15, 0.2) is 148 Å². The minimum atomic E-state index is 0.575. The highest BCUT2D eigenvalue weighted by Gasteiger charge is 2.19. The van der Waals surface area contributed by atoms with Crippen LogP contribution < -0.4 is 0 Å². The van der Waals surface area contributed by atoms with Gasteiger partial charge in [-0.2, -0.15) is 9.97 Å². The summed E-state index contributed by atoms with van der Waals surface area (Å²) in [5.41, 5.74) is 7.86. The van der Waals surface area contributed by atoms with Crippen molar-refractivity contribution in [2.24, 2.45) is 0 Å². The number of benzene rings is 6. The van der Waals surface area contributed by atoms with Gasteiger partial charge in [0.2, 0.25) is 5.95 Å². The van der Waals surface area contributed by atoms with Gasteiger partial charge < -0.3 is 4.42 Å². The van der Waals surface area contributed by atoms with E-state index in [1.165, 1.54) is 0 Å². The van der Waals surface area contributed by atoms with Gasteiger partial charge in [-0.25, -0.2) is 4.98 Å². The van der Waals surface area contributed by atoms with Gasteiger partial charge in [0.25, 0.3) is 0 Å². The summed E-state index contributed by atoms with van der Waals surface area (Å²) in [6, 6.07) is 47.7. The third-order valence-corrected chi connectivity index (χ3v) is 9.00. The number of halogens is 1. The highest BCUT2D eigenvalue weighted by Crippen LogP contribution is 2.38. The maximum absolute atomic E-state index is 6.15. The van der Waals surface area contributed by atoms with Crippen molar-refractivity contribution in [1.29, 1.82) is 0 Å². The lowest BCUT2D eigenvalue weighted by Gasteiger charge is -2.11. The molecule has 0 N–H and O–H groups in total. The number of fused-ring (bicyclic) bond motifs is 6. The van der Waals surface area contributed by atoms with Crippen LogP contribution in [0.2, 0.25) is 0 Å². The molecule has 0 aliphatic carbocycles. The Balaban J connectivity index is 1.30. The van der Waals surface area contributed by atoms with Gasteiger partial charge in [-0.05, 0) is 47.5 Å². The van der Waals surface area contributed by atoms with Crippen LogP contribution in [-0.2, 0) is 0 Å². The van der Waals surface area contributed by atoms with Gasteiger partial charge in [0.05, 0.1) is 11.0 Å². The van der Waals surface area contributed by atoms with E-state index >= 15 is 0 Å². The molecule has 45 heavy (non-hydrogen) atoms. The van der Waals surface area contributed by atoms with Crippen LogP contribution in [-0.4, -0.2) is 19.5 Å². The maximum atomic E-state index is 6.15. The van der Waals surface area contributed by atoms with Crippen LogP contribution >= 0.6 is 15.9 Å². The molecule has 0 fully saturated rings. The Morgan fingerprint density at radius 3 is 1.87 bits per heavy atom. The average molecular weight is 644 g/mol. The number of para-hydroxylation sites is 1. The van der Waals surface area contributed by atoms with E-state index in [1.54, 1.807) is 0 Å². The monoisotopic (exact) mass is 642 g/mol. The normalized spacial score (nSPS) is 11.7. The van der Waals surface area contributed by atoms with E-state index in [-0.39, 0.29) is 0 Å². The molecule has 0 atom stereocenters. The Bertz CT molecular complexity index is 2500. The SMILES string of the molecule is Brc1cccc2oc3ccc(-c4ccc5c6ccccc6n(-c6nc(-c7ccccc7)nc(-c7ccccc7)n6)c5c4)cc3c12. The average Bonchev–Trinajstić information content (AvgIpc) is 3.64. The van der Waals surface area contributed by atoms with Crippen molar-refractivity contribution in [1.82, 2.24) is 19.5 Å². The Morgan fingerprint density at radius 1 is 0.467 bits per heavy atom. The molecule has 3 heterocycles. The first-order valence-corrected chi connectivity index (χ1v) is 15.5. The van der Waals surface area contributed by atoms with E-state index in [1.807, 2.05) is 72.8 Å². The molecular weight excluding hydrogens is 620 g/mol. The molecular formula is C39H23BrN4O. The van der Waals surface area contributed by atoms with Gasteiger partial charge in [-0.3, -0.25) is 4.57 Å². The summed E-state index contributed by atoms with van der Waals surface area (Å²) in [6.45, 7) is 0. The Labute approximate surface area is 266 Å². The standard InChI is InChI=1S/C39H23BrN4O/c40-31-15-9-17-35-36(31)30-22-26(19-21-34(30)45-35)27-18-20-29-28-14-7-8-16-32(28)44(33(29)23-27)39-42-37(24-10-3-1-4-11-24)41-38(43-39)25-12-5-2-6-13-25/h1-23H. The summed E-state index contributed by atoms with van der Waals surface area (Å²) in [5, 5.41) is 4.43. The van der Waals surface area contributed by atoms with Gasteiger partial charge in [-0.1, -0.05) is 119 Å². The summed E-state index contributed by atoms with van der Waals surface area (Å²) in [7, 11) is 0. The minimum absolute atomic E-state index is 0.575. The number of hydrogen-bond acceptors (Lipinski definition) is 4. The topological polar surface area (TPSA) is 56.7 Å². The Hall–Kier alpha value is -5.59. The molecule has 0 radical (unpaired) electrons. The van der Waals surface area contributed by atoms with Crippen LogP contribution in [0.5, 0.6) is 0 Å². The van der Waals surface area contributed by atoms with Crippen molar-refractivity contribution in [3.05, 3.63) is 144 Å². The van der Waals surface area contributed by atoms with Crippen LogP contribution in [0.3, 0.4) is 0 Å². The molecule has 0 saturated heterocycles. The molecule has 0 aliphatic rings. The molecule has 5 nitrogen and oxygen atoms in total. The van der Waals surface area contributed by atoms with Gasteiger partial charge in [0.15, 0.2) is 11.6 Å². The van der Waals surface area contributed by atoms with E-state index in [0.29, 0.717) is 17.6 Å². The highest BCUT2D eigenvalue weighted by atomic mass is 79.9. The molecule has 0 unspecified atom stereocenters. The fraction of sp³-hybridized carbons (Fsp3) is 0. The molecule has 6 aromatic carbocycles. The quantitative estimate of drug-likeness (QED) is 0.192. The van der Waals surface area contributed by atoms with Crippen LogP contribution in [0.25, 0.3) is 83.6 Å². The zero-order valence-electron chi connectivity index (χ0n) is 23.9. The van der Waals surface area contributed by atoms with E-state index < -0.39 is 0 Å². The van der Waals surface area contributed by atoms with Crippen LogP contribution in [0.1, 0.15) is 0 Å². The first-order valence-electron chi connectivity index (χ1n) is 14.7. The maximum Gasteiger partial charge on any atom is 0.238 e. The molecule has 9 rings (SSSR count). The van der Waals surface area contributed by atoms with Crippen molar-refractivity contribution < 1.29 is 4.42 Å². The molecule has 6 heteroatoms. The third-order valence-electron chi connectivity index (χ3n) is 8.34. The minimum Gasteiger partial charge on any atom is -0.456 e. The lowest BCUT2D eigenvalue weighted by Crippen LogP contribution is -2.06. The van der Waals surface area contributed by atoms with Crippen LogP contribution in [0, 0.1) is 0 Å². The second-order valence-corrected chi connectivity index (χ2v) is 11.9. The number of nitrogens with zero attached hydrogens (tertiary/aromatic N) is 4. The lowest BCUT2D eigenvalue weighted by molar-refractivity contribution is 0.669. The number of hydrogen-bond donors (Lipinski definition) is 0. The second-order valence-electron chi connectivity index (χ2n) is 11.0. The third kappa shape index (κ3) is 4.25. The second kappa shape index (κ2) is 10.3. The van der Waals surface area contributed by atoms with Gasteiger partial charge in [0, 0.05) is 37.1 Å². The molecule has 0 saturated carbocycles. The molecule has 212 valence electrons. The van der Waals surface area contributed by atoms with Crippen molar-refractivity contribution in [3.8, 4) is 39.9 Å². The predicted octanol–water partition coefficient (Wildman–Crippen LogP) is 10.6. The fourth-order valence-electron chi connectivity index (χ4n) is 6.23. The smallest absolute Gasteiger partial charge is 0.238 e. The van der Waals surface area contributed by atoms with Gasteiger partial charge in [0.1, 0.15) is 11.2 Å². The van der Waals surface area contributed by atoms with Gasteiger partial charge >= 0.3 is 0 Å². The number of rotatable bonds is 4. The summed E-state index contributed by atoms with van der Waals surface area (Å²) in [6.07, 6.45) is 0. The van der Waals surface area contributed by atoms with Crippen molar-refractivity contribution >= 4 is 59.7 Å². The largest absolute Gasteiger partial charge is 0.456 e. The summed E-state index contributed by atoms with van der Waals surface area (Å²) in [5.74, 6) is 1.83. The lowest BCUT2D eigenvalue weighted by atomic mass is 10.0. The Morgan fingerprint density at radius 2 is 1.11 bits per heavy atom.